The number of nitrogens with zero attached hydrogens (tertiary/aromatic N) is 1. The van der Waals surface area contributed by atoms with Crippen molar-refractivity contribution in [2.75, 3.05) is 20.2 Å². The summed E-state index contributed by atoms with van der Waals surface area (Å²) >= 11 is 0. The van der Waals surface area contributed by atoms with Gasteiger partial charge in [0.15, 0.2) is 0 Å². The normalized spacial score (nSPS) is 23.9. The summed E-state index contributed by atoms with van der Waals surface area (Å²) in [7, 11) is 1.53. The van der Waals surface area contributed by atoms with Crippen LogP contribution in [0.5, 0.6) is 0 Å². The summed E-state index contributed by atoms with van der Waals surface area (Å²) < 4.78 is 5.06. The van der Waals surface area contributed by atoms with Gasteiger partial charge in [0.2, 0.25) is 5.91 Å². The van der Waals surface area contributed by atoms with E-state index in [1.54, 1.807) is 0 Å². The van der Waals surface area contributed by atoms with Gasteiger partial charge in [-0.05, 0) is 25.7 Å². The molecule has 1 amide bonds. The molecule has 1 rings (SSSR count). The average molecular weight is 324 g/mol. The van der Waals surface area contributed by atoms with E-state index in [9.17, 15) is 14.7 Å². The molecule has 0 saturated carbocycles. The van der Waals surface area contributed by atoms with E-state index in [0.717, 1.165) is 13.0 Å². The third-order valence-electron chi connectivity index (χ3n) is 4.14. The second-order valence-corrected chi connectivity index (χ2v) is 5.92. The molecule has 1 saturated heterocycles. The van der Waals surface area contributed by atoms with Gasteiger partial charge in [-0.15, -0.1) is 0 Å². The Hall–Kier alpha value is -1.82. The van der Waals surface area contributed by atoms with Gasteiger partial charge in [0, 0.05) is 25.9 Å². The molecule has 1 aliphatic rings. The van der Waals surface area contributed by atoms with Gasteiger partial charge in [0.1, 0.15) is 12.3 Å². The minimum absolute atomic E-state index is 0.0186. The summed E-state index contributed by atoms with van der Waals surface area (Å²) in [5.74, 6) is -0.669. The van der Waals surface area contributed by atoms with Gasteiger partial charge in [-0.25, -0.2) is 0 Å². The predicted molar refractivity (Wildman–Crippen MR) is 88.6 cm³/mol. The number of carbonyl (C=O) groups excluding carboxylic acids is 1. The zero-order chi connectivity index (χ0) is 17.4. The molecule has 1 fully saturated rings. The summed E-state index contributed by atoms with van der Waals surface area (Å²) in [4.78, 5) is 24.9. The second kappa shape index (κ2) is 9.35. The maximum absolute atomic E-state index is 11.5. The van der Waals surface area contributed by atoms with Crippen LogP contribution in [0.1, 0.15) is 33.6 Å². The van der Waals surface area contributed by atoms with E-state index >= 15 is 0 Å². The largest absolute Gasteiger partial charge is 0.503 e. The standard InChI is InChI=1S/C17H28N2O4/c1-5-7-13-8-16(17(21)22)19(9-13)10-14(6-2)15(11-23-4)18-12(3)20/h5,7,11,13-14,16H,6,8-10H2,1-4H3,(H,18,20)(H,21,22)/t13?,14-,16?/m1/s1. The van der Waals surface area contributed by atoms with E-state index < -0.39 is 12.0 Å². The van der Waals surface area contributed by atoms with Gasteiger partial charge in [-0.2, -0.15) is 0 Å². The van der Waals surface area contributed by atoms with Crippen LogP contribution in [0, 0.1) is 11.8 Å². The zero-order valence-corrected chi connectivity index (χ0v) is 14.4. The molecule has 0 bridgehead atoms. The average Bonchev–Trinajstić information content (AvgIpc) is 2.87. The van der Waals surface area contributed by atoms with E-state index in [2.05, 4.69) is 11.4 Å². The fraction of sp³-hybridized carbons (Fsp3) is 0.647. The van der Waals surface area contributed by atoms with Crippen LogP contribution in [-0.4, -0.2) is 48.1 Å². The molecule has 23 heavy (non-hydrogen) atoms. The fourth-order valence-electron chi connectivity index (χ4n) is 3.10. The van der Waals surface area contributed by atoms with Crippen molar-refractivity contribution in [3.63, 3.8) is 0 Å². The van der Waals surface area contributed by atoms with Crippen LogP contribution in [0.2, 0.25) is 0 Å². The number of rotatable bonds is 8. The molecule has 2 N–H and O–H groups in total. The number of likely N-dealkylation sites (tertiary alicyclic amines) is 1. The number of nitrogens with one attached hydrogen (secondary N) is 1. The number of allylic oxidation sites excluding steroid dienone is 1. The number of hydrogen-bond acceptors (Lipinski definition) is 4. The van der Waals surface area contributed by atoms with Crippen molar-refractivity contribution in [2.45, 2.75) is 39.7 Å². The highest BCUT2D eigenvalue weighted by Gasteiger charge is 2.37. The summed E-state index contributed by atoms with van der Waals surface area (Å²) in [6.45, 7) is 6.72. The molecule has 0 aromatic rings. The quantitative estimate of drug-likeness (QED) is 0.527. The molecule has 2 unspecified atom stereocenters. The molecule has 0 spiro atoms. The number of methoxy groups -OCH3 is 1. The Kier molecular flexibility index (Phi) is 7.81. The monoisotopic (exact) mass is 324 g/mol. The number of amides is 1. The minimum atomic E-state index is -0.788. The lowest BCUT2D eigenvalue weighted by molar-refractivity contribution is -0.142. The number of hydrogen-bond donors (Lipinski definition) is 2. The van der Waals surface area contributed by atoms with Gasteiger partial charge >= 0.3 is 5.97 Å². The lowest BCUT2D eigenvalue weighted by atomic mass is 10.0. The molecular formula is C17H28N2O4. The van der Waals surface area contributed by atoms with Crippen LogP contribution in [0.4, 0.5) is 0 Å². The first-order chi connectivity index (χ1) is 10.9. The minimum Gasteiger partial charge on any atom is -0.503 e. The number of ether oxygens (including phenoxy) is 1. The topological polar surface area (TPSA) is 78.9 Å². The molecule has 0 radical (unpaired) electrons. The SMILES string of the molecule is CC=CC1CC(C(=O)O)N(C[C@@H](CC)C(=COC)NC(C)=O)C1. The first-order valence-corrected chi connectivity index (χ1v) is 8.02. The maximum atomic E-state index is 11.5. The Morgan fingerprint density at radius 2 is 2.17 bits per heavy atom. The van der Waals surface area contributed by atoms with Crippen LogP contribution in [0.15, 0.2) is 24.1 Å². The van der Waals surface area contributed by atoms with Crippen molar-refractivity contribution in [3.8, 4) is 0 Å². The molecule has 3 atom stereocenters. The van der Waals surface area contributed by atoms with Crippen molar-refractivity contribution in [1.29, 1.82) is 0 Å². The summed E-state index contributed by atoms with van der Waals surface area (Å²) in [6.07, 6.45) is 6.98. The fourth-order valence-corrected chi connectivity index (χ4v) is 3.10. The number of carboxylic acids is 1. The summed E-state index contributed by atoms with van der Waals surface area (Å²) in [5, 5.41) is 12.3. The van der Waals surface area contributed by atoms with E-state index in [1.165, 1.54) is 20.3 Å². The highest BCUT2D eigenvalue weighted by atomic mass is 16.5. The third kappa shape index (κ3) is 5.71. The van der Waals surface area contributed by atoms with E-state index in [0.29, 0.717) is 18.7 Å². The molecular weight excluding hydrogens is 296 g/mol. The van der Waals surface area contributed by atoms with Crippen LogP contribution >= 0.6 is 0 Å². The molecule has 130 valence electrons. The number of aliphatic carboxylic acids is 1. The molecule has 6 heteroatoms. The van der Waals surface area contributed by atoms with Crippen molar-refractivity contribution >= 4 is 11.9 Å². The lowest BCUT2D eigenvalue weighted by Gasteiger charge is -2.27. The van der Waals surface area contributed by atoms with Crippen molar-refractivity contribution in [1.82, 2.24) is 10.2 Å². The highest BCUT2D eigenvalue weighted by molar-refractivity contribution is 5.75. The predicted octanol–water partition coefficient (Wildman–Crippen LogP) is 1.99. The van der Waals surface area contributed by atoms with Crippen molar-refractivity contribution in [2.24, 2.45) is 11.8 Å². The smallest absolute Gasteiger partial charge is 0.320 e. The Labute approximate surface area is 138 Å². The van der Waals surface area contributed by atoms with Crippen LogP contribution in [0.25, 0.3) is 0 Å². The maximum Gasteiger partial charge on any atom is 0.320 e. The number of carboxylic acid groups (broad SMARTS) is 1. The third-order valence-corrected chi connectivity index (χ3v) is 4.14. The Morgan fingerprint density at radius 1 is 1.48 bits per heavy atom. The molecule has 0 aromatic carbocycles. The molecule has 1 aliphatic heterocycles. The Bertz CT molecular complexity index is 473. The first-order valence-electron chi connectivity index (χ1n) is 8.02. The zero-order valence-electron chi connectivity index (χ0n) is 14.4. The number of carbonyl (C=O) groups is 2. The lowest BCUT2D eigenvalue weighted by Crippen LogP contribution is -2.41. The highest BCUT2D eigenvalue weighted by Crippen LogP contribution is 2.27. The van der Waals surface area contributed by atoms with Crippen molar-refractivity contribution in [3.05, 3.63) is 24.1 Å². The molecule has 0 aromatic heterocycles. The molecule has 1 heterocycles. The second-order valence-electron chi connectivity index (χ2n) is 5.92. The Morgan fingerprint density at radius 3 is 2.65 bits per heavy atom. The van der Waals surface area contributed by atoms with Gasteiger partial charge in [0.25, 0.3) is 0 Å². The van der Waals surface area contributed by atoms with Gasteiger partial charge in [-0.1, -0.05) is 19.1 Å². The first kappa shape index (κ1) is 19.2. The summed E-state index contributed by atoms with van der Waals surface area (Å²) in [5.41, 5.74) is 0.695. The van der Waals surface area contributed by atoms with E-state index in [1.807, 2.05) is 24.8 Å². The van der Waals surface area contributed by atoms with Gasteiger partial charge in [-0.3, -0.25) is 14.5 Å². The van der Waals surface area contributed by atoms with Crippen molar-refractivity contribution < 1.29 is 19.4 Å². The Balaban J connectivity index is 2.88. The molecule has 6 nitrogen and oxygen atoms in total. The van der Waals surface area contributed by atoms with E-state index in [4.69, 9.17) is 4.74 Å². The van der Waals surface area contributed by atoms with Crippen LogP contribution in [0.3, 0.4) is 0 Å². The van der Waals surface area contributed by atoms with Crippen LogP contribution in [-0.2, 0) is 14.3 Å². The van der Waals surface area contributed by atoms with Crippen LogP contribution < -0.4 is 5.32 Å². The summed E-state index contributed by atoms with van der Waals surface area (Å²) in [6, 6.07) is -0.480. The van der Waals surface area contributed by atoms with Gasteiger partial charge < -0.3 is 15.2 Å². The van der Waals surface area contributed by atoms with E-state index in [-0.39, 0.29) is 17.7 Å². The molecule has 0 aliphatic carbocycles. The van der Waals surface area contributed by atoms with Gasteiger partial charge in [0.05, 0.1) is 12.8 Å².